The molecule has 0 radical (unpaired) electrons. The summed E-state index contributed by atoms with van der Waals surface area (Å²) in [5.74, 6) is -5.43. The van der Waals surface area contributed by atoms with Gasteiger partial charge in [0.1, 0.15) is 17.4 Å². The number of benzene rings is 2. The first-order valence-electron chi connectivity index (χ1n) is 6.88. The Balaban J connectivity index is 2.57. The van der Waals surface area contributed by atoms with Crippen LogP contribution in [0.4, 0.5) is 8.78 Å². The van der Waals surface area contributed by atoms with Gasteiger partial charge in [-0.05, 0) is 35.9 Å². The molecule has 2 aromatic carbocycles. The summed E-state index contributed by atoms with van der Waals surface area (Å²) in [4.78, 5) is 23.8. The van der Waals surface area contributed by atoms with Crippen molar-refractivity contribution in [3.05, 3.63) is 64.2 Å². The molecule has 126 valence electrons. The molecule has 0 aliphatic rings. The molecule has 0 heterocycles. The molecule has 0 aliphatic carbocycles. The summed E-state index contributed by atoms with van der Waals surface area (Å²) < 4.78 is 32.8. The number of halogens is 3. The molecule has 0 spiro atoms. The third kappa shape index (κ3) is 3.71. The largest absolute Gasteiger partial charge is 0.497 e. The second-order valence-electron chi connectivity index (χ2n) is 5.00. The maximum atomic E-state index is 13.9. The van der Waals surface area contributed by atoms with E-state index in [4.69, 9.17) is 21.4 Å². The van der Waals surface area contributed by atoms with Crippen LogP contribution in [0.5, 0.6) is 5.75 Å². The van der Waals surface area contributed by atoms with Crippen molar-refractivity contribution in [2.24, 2.45) is 0 Å². The van der Waals surface area contributed by atoms with Gasteiger partial charge in [0.25, 0.3) is 0 Å². The Morgan fingerprint density at radius 3 is 2.38 bits per heavy atom. The molecule has 2 rings (SSSR count). The molecule has 0 fully saturated rings. The topological polar surface area (TPSA) is 63.6 Å². The molecule has 0 saturated heterocycles. The molecule has 1 atom stereocenters. The van der Waals surface area contributed by atoms with Crippen molar-refractivity contribution >= 4 is 23.4 Å². The molecule has 24 heavy (non-hydrogen) atoms. The van der Waals surface area contributed by atoms with Crippen molar-refractivity contribution in [1.29, 1.82) is 0 Å². The number of hydrogen-bond donors (Lipinski definition) is 1. The highest BCUT2D eigenvalue weighted by Gasteiger charge is 2.30. The summed E-state index contributed by atoms with van der Waals surface area (Å²) in [6.07, 6.45) is -0.667. The number of ether oxygens (including phenoxy) is 1. The van der Waals surface area contributed by atoms with Gasteiger partial charge in [0.05, 0.1) is 25.0 Å². The lowest BCUT2D eigenvalue weighted by Gasteiger charge is -2.17. The van der Waals surface area contributed by atoms with Gasteiger partial charge in [-0.3, -0.25) is 9.59 Å². The van der Waals surface area contributed by atoms with Gasteiger partial charge in [0, 0.05) is 5.02 Å². The first-order chi connectivity index (χ1) is 11.3. The van der Waals surface area contributed by atoms with Gasteiger partial charge in [-0.15, -0.1) is 0 Å². The fraction of sp³-hybridized carbons (Fsp3) is 0.176. The predicted molar refractivity (Wildman–Crippen MR) is 83.7 cm³/mol. The van der Waals surface area contributed by atoms with Gasteiger partial charge in [-0.1, -0.05) is 17.7 Å². The van der Waals surface area contributed by atoms with Crippen LogP contribution >= 0.6 is 11.6 Å². The lowest BCUT2D eigenvalue weighted by molar-refractivity contribution is -0.137. The van der Waals surface area contributed by atoms with E-state index in [1.54, 1.807) is 0 Å². The van der Waals surface area contributed by atoms with Gasteiger partial charge < -0.3 is 9.84 Å². The number of carboxylic acid groups (broad SMARTS) is 1. The molecular weight excluding hydrogens is 342 g/mol. The van der Waals surface area contributed by atoms with Crippen LogP contribution in [0.1, 0.15) is 28.3 Å². The van der Waals surface area contributed by atoms with E-state index in [-0.39, 0.29) is 10.6 Å². The number of aliphatic carboxylic acids is 1. The molecule has 0 saturated carbocycles. The standard InChI is InChI=1S/C17H13ClF2O4/c1-24-9-5-6-12(18)10(7-9)11(8-15(21)22)17(23)16-13(19)3-2-4-14(16)20/h2-7,11H,8H2,1H3,(H,21,22). The zero-order chi connectivity index (χ0) is 17.9. The maximum Gasteiger partial charge on any atom is 0.304 e. The van der Waals surface area contributed by atoms with E-state index in [1.807, 2.05) is 0 Å². The van der Waals surface area contributed by atoms with Crippen LogP contribution in [0.25, 0.3) is 0 Å². The Hall–Kier alpha value is -2.47. The van der Waals surface area contributed by atoms with E-state index in [1.165, 1.54) is 25.3 Å². The Labute approximate surface area is 141 Å². The van der Waals surface area contributed by atoms with Crippen molar-refractivity contribution in [2.75, 3.05) is 7.11 Å². The SMILES string of the molecule is COc1ccc(Cl)c(C(CC(=O)O)C(=O)c2c(F)cccc2F)c1. The molecule has 0 aliphatic heterocycles. The van der Waals surface area contributed by atoms with Crippen molar-refractivity contribution in [2.45, 2.75) is 12.3 Å². The Morgan fingerprint density at radius 2 is 1.83 bits per heavy atom. The van der Waals surface area contributed by atoms with Crippen LogP contribution in [0, 0.1) is 11.6 Å². The normalized spacial score (nSPS) is 11.8. The number of ketones is 1. The molecule has 1 unspecified atom stereocenters. The van der Waals surface area contributed by atoms with E-state index < -0.39 is 41.3 Å². The van der Waals surface area contributed by atoms with Crippen molar-refractivity contribution in [1.82, 2.24) is 0 Å². The lowest BCUT2D eigenvalue weighted by atomic mass is 9.87. The fourth-order valence-corrected chi connectivity index (χ4v) is 2.59. The van der Waals surface area contributed by atoms with Crippen LogP contribution in [-0.4, -0.2) is 24.0 Å². The monoisotopic (exact) mass is 354 g/mol. The minimum Gasteiger partial charge on any atom is -0.497 e. The lowest BCUT2D eigenvalue weighted by Crippen LogP contribution is -2.20. The van der Waals surface area contributed by atoms with Crippen molar-refractivity contribution in [3.63, 3.8) is 0 Å². The minimum absolute atomic E-state index is 0.104. The highest BCUT2D eigenvalue weighted by Crippen LogP contribution is 2.34. The predicted octanol–water partition coefficient (Wildman–Crippen LogP) is 4.07. The van der Waals surface area contributed by atoms with Crippen LogP contribution in [0.3, 0.4) is 0 Å². The zero-order valence-electron chi connectivity index (χ0n) is 12.6. The second kappa shape index (κ2) is 7.40. The van der Waals surface area contributed by atoms with Gasteiger partial charge in [-0.2, -0.15) is 0 Å². The number of carbonyl (C=O) groups excluding carboxylic acids is 1. The highest BCUT2D eigenvalue weighted by atomic mass is 35.5. The molecule has 0 aromatic heterocycles. The average Bonchev–Trinajstić information content (AvgIpc) is 2.53. The van der Waals surface area contributed by atoms with Gasteiger partial charge in [0.2, 0.25) is 0 Å². The van der Waals surface area contributed by atoms with E-state index >= 15 is 0 Å². The Bertz CT molecular complexity index is 772. The molecule has 7 heteroatoms. The van der Waals surface area contributed by atoms with E-state index in [9.17, 15) is 18.4 Å². The smallest absolute Gasteiger partial charge is 0.304 e. The third-order valence-electron chi connectivity index (χ3n) is 3.48. The summed E-state index contributed by atoms with van der Waals surface area (Å²) in [7, 11) is 1.39. The first-order valence-corrected chi connectivity index (χ1v) is 7.26. The van der Waals surface area contributed by atoms with Crippen LogP contribution in [0.2, 0.25) is 5.02 Å². The van der Waals surface area contributed by atoms with Crippen LogP contribution < -0.4 is 4.74 Å². The summed E-state index contributed by atoms with van der Waals surface area (Å²) in [6.45, 7) is 0. The van der Waals surface area contributed by atoms with Crippen LogP contribution in [-0.2, 0) is 4.79 Å². The second-order valence-corrected chi connectivity index (χ2v) is 5.41. The van der Waals surface area contributed by atoms with E-state index in [0.29, 0.717) is 5.75 Å². The number of hydrogen-bond acceptors (Lipinski definition) is 3. The summed E-state index contributed by atoms with van der Waals surface area (Å²) >= 11 is 6.05. The number of methoxy groups -OCH3 is 1. The molecule has 1 N–H and O–H groups in total. The summed E-state index contributed by atoms with van der Waals surface area (Å²) in [5.41, 5.74) is -0.659. The maximum absolute atomic E-state index is 13.9. The first kappa shape index (κ1) is 17.9. The van der Waals surface area contributed by atoms with Crippen LogP contribution in [0.15, 0.2) is 36.4 Å². The number of carbonyl (C=O) groups is 2. The molecular formula is C17H13ClF2O4. The summed E-state index contributed by atoms with van der Waals surface area (Å²) in [5, 5.41) is 9.19. The van der Waals surface area contributed by atoms with Crippen molar-refractivity contribution in [3.8, 4) is 5.75 Å². The minimum atomic E-state index is -1.35. The zero-order valence-corrected chi connectivity index (χ0v) is 13.3. The Morgan fingerprint density at radius 1 is 1.21 bits per heavy atom. The number of rotatable bonds is 6. The fourth-order valence-electron chi connectivity index (χ4n) is 2.34. The van der Waals surface area contributed by atoms with E-state index in [0.717, 1.165) is 18.2 Å². The molecule has 0 bridgehead atoms. The van der Waals surface area contributed by atoms with Gasteiger partial charge in [0.15, 0.2) is 5.78 Å². The van der Waals surface area contributed by atoms with Gasteiger partial charge >= 0.3 is 5.97 Å². The highest BCUT2D eigenvalue weighted by molar-refractivity contribution is 6.31. The van der Waals surface area contributed by atoms with Gasteiger partial charge in [-0.25, -0.2) is 8.78 Å². The number of Topliss-reactive ketones (excluding diaryl/α,β-unsaturated/α-hetero) is 1. The average molecular weight is 355 g/mol. The van der Waals surface area contributed by atoms with Crippen molar-refractivity contribution < 1.29 is 28.2 Å². The quantitative estimate of drug-likeness (QED) is 0.794. The Kier molecular flexibility index (Phi) is 5.51. The third-order valence-corrected chi connectivity index (χ3v) is 3.83. The molecule has 0 amide bonds. The number of carboxylic acids is 1. The van der Waals surface area contributed by atoms with E-state index in [2.05, 4.69) is 0 Å². The molecule has 2 aromatic rings. The summed E-state index contributed by atoms with van der Waals surface area (Å²) in [6, 6.07) is 7.31. The molecule has 4 nitrogen and oxygen atoms in total.